The highest BCUT2D eigenvalue weighted by molar-refractivity contribution is 5.49. The quantitative estimate of drug-likeness (QED) is 0.927. The smallest absolute Gasteiger partial charge is 0.373 e. The molecule has 0 radical (unpaired) electrons. The molecular weight excluding hydrogens is 269 g/mol. The van der Waals surface area contributed by atoms with Crippen molar-refractivity contribution in [2.45, 2.75) is 32.4 Å². The molecule has 0 saturated carbocycles. The average molecular weight is 288 g/mol. The van der Waals surface area contributed by atoms with Crippen LogP contribution in [-0.4, -0.2) is 30.1 Å². The number of nitrogens with zero attached hydrogens (tertiary/aromatic N) is 3. The molecule has 2 heterocycles. The summed E-state index contributed by atoms with van der Waals surface area (Å²) in [4.78, 5) is 9.10. The summed E-state index contributed by atoms with van der Waals surface area (Å²) in [7, 11) is 1.55. The summed E-state index contributed by atoms with van der Waals surface area (Å²) >= 11 is 0. The van der Waals surface area contributed by atoms with Gasteiger partial charge in [-0.1, -0.05) is 13.3 Å². The molecular formula is C13H19F3N4. The van der Waals surface area contributed by atoms with Crippen LogP contribution < -0.4 is 10.2 Å². The summed E-state index contributed by atoms with van der Waals surface area (Å²) in [6.45, 7) is 3.61. The van der Waals surface area contributed by atoms with Crippen LogP contribution in [0, 0.1) is 5.92 Å². The van der Waals surface area contributed by atoms with E-state index in [1.165, 1.54) is 0 Å². The van der Waals surface area contributed by atoms with Gasteiger partial charge in [-0.25, -0.2) is 9.97 Å². The van der Waals surface area contributed by atoms with E-state index in [2.05, 4.69) is 22.2 Å². The van der Waals surface area contributed by atoms with Crippen LogP contribution in [0.1, 0.15) is 32.0 Å². The number of hydrogen-bond donors (Lipinski definition) is 1. The van der Waals surface area contributed by atoms with Gasteiger partial charge in [0.2, 0.25) is 5.82 Å². The second-order valence-electron chi connectivity index (χ2n) is 5.05. The van der Waals surface area contributed by atoms with E-state index in [4.69, 9.17) is 0 Å². The van der Waals surface area contributed by atoms with E-state index >= 15 is 0 Å². The number of hydrogen-bond acceptors (Lipinski definition) is 4. The average Bonchev–Trinajstić information content (AvgIpc) is 2.46. The van der Waals surface area contributed by atoms with E-state index in [9.17, 15) is 13.2 Å². The molecule has 0 aromatic carbocycles. The molecule has 1 N–H and O–H groups in total. The summed E-state index contributed by atoms with van der Waals surface area (Å²) in [6.07, 6.45) is -1.38. The zero-order valence-electron chi connectivity index (χ0n) is 11.7. The van der Waals surface area contributed by atoms with Crippen LogP contribution in [0.3, 0.4) is 0 Å². The summed E-state index contributed by atoms with van der Waals surface area (Å²) in [5, 5.41) is 2.67. The summed E-state index contributed by atoms with van der Waals surface area (Å²) in [6, 6.07) is 1.58. The fourth-order valence-corrected chi connectivity index (χ4v) is 2.46. The van der Waals surface area contributed by atoms with E-state index < -0.39 is 12.0 Å². The molecule has 1 atom stereocenters. The van der Waals surface area contributed by atoms with Gasteiger partial charge >= 0.3 is 6.18 Å². The second-order valence-corrected chi connectivity index (χ2v) is 5.05. The van der Waals surface area contributed by atoms with E-state index in [1.807, 2.05) is 4.90 Å². The Hall–Kier alpha value is -1.53. The molecule has 7 heteroatoms. The summed E-state index contributed by atoms with van der Waals surface area (Å²) < 4.78 is 38.5. The maximum Gasteiger partial charge on any atom is 0.451 e. The summed E-state index contributed by atoms with van der Waals surface area (Å²) in [5.41, 5.74) is 0. The first-order valence-electron chi connectivity index (χ1n) is 6.83. The highest BCUT2D eigenvalue weighted by Gasteiger charge is 2.36. The van der Waals surface area contributed by atoms with Gasteiger partial charge in [0.25, 0.3) is 0 Å². The maximum atomic E-state index is 12.8. The number of halogens is 3. The third kappa shape index (κ3) is 3.32. The van der Waals surface area contributed by atoms with Gasteiger partial charge < -0.3 is 10.2 Å². The van der Waals surface area contributed by atoms with Gasteiger partial charge in [-0.3, -0.25) is 0 Å². The Labute approximate surface area is 116 Å². The van der Waals surface area contributed by atoms with Gasteiger partial charge in [0.1, 0.15) is 11.6 Å². The van der Waals surface area contributed by atoms with Crippen molar-refractivity contribution < 1.29 is 13.2 Å². The minimum atomic E-state index is -4.53. The predicted octanol–water partition coefficient (Wildman–Crippen LogP) is 3.16. The Morgan fingerprint density at radius 3 is 2.75 bits per heavy atom. The third-order valence-electron chi connectivity index (χ3n) is 3.64. The highest BCUT2D eigenvalue weighted by atomic mass is 19.4. The normalized spacial score (nSPS) is 20.1. The number of anilines is 2. The molecule has 0 aliphatic carbocycles. The SMILES string of the molecule is CCC1CCCN(c2cc(NC)nc(C(F)(F)F)n2)C1. The number of aromatic nitrogens is 2. The van der Waals surface area contributed by atoms with Crippen molar-refractivity contribution >= 4 is 11.6 Å². The van der Waals surface area contributed by atoms with Crippen molar-refractivity contribution in [3.63, 3.8) is 0 Å². The third-order valence-corrected chi connectivity index (χ3v) is 3.64. The fourth-order valence-electron chi connectivity index (χ4n) is 2.46. The lowest BCUT2D eigenvalue weighted by molar-refractivity contribution is -0.144. The molecule has 1 aliphatic heterocycles. The molecule has 112 valence electrons. The van der Waals surface area contributed by atoms with Crippen LogP contribution in [0.5, 0.6) is 0 Å². The summed E-state index contributed by atoms with van der Waals surface area (Å²) in [5.74, 6) is -0.0140. The molecule has 1 aromatic rings. The molecule has 1 saturated heterocycles. The van der Waals surface area contributed by atoms with Gasteiger partial charge in [0.15, 0.2) is 0 Å². The Balaban J connectivity index is 2.30. The molecule has 0 bridgehead atoms. The molecule has 0 amide bonds. The van der Waals surface area contributed by atoms with Crippen LogP contribution in [0.15, 0.2) is 6.07 Å². The minimum absolute atomic E-state index is 0.195. The topological polar surface area (TPSA) is 41.0 Å². The number of rotatable bonds is 3. The van der Waals surface area contributed by atoms with Crippen LogP contribution >= 0.6 is 0 Å². The van der Waals surface area contributed by atoms with Crippen LogP contribution in [0.25, 0.3) is 0 Å². The standard InChI is InChI=1S/C13H19F3N4/c1-3-9-5-4-6-20(8-9)11-7-10(17-2)18-12(19-11)13(14,15)16/h7,9H,3-6,8H2,1-2H3,(H,17,18,19). The van der Waals surface area contributed by atoms with Crippen LogP contribution in [0.2, 0.25) is 0 Å². The number of nitrogens with one attached hydrogen (secondary N) is 1. The van der Waals surface area contributed by atoms with Gasteiger partial charge in [0.05, 0.1) is 0 Å². The highest BCUT2D eigenvalue weighted by Crippen LogP contribution is 2.30. The number of alkyl halides is 3. The number of piperidine rings is 1. The molecule has 1 fully saturated rings. The molecule has 20 heavy (non-hydrogen) atoms. The van der Waals surface area contributed by atoms with Gasteiger partial charge in [-0.15, -0.1) is 0 Å². The van der Waals surface area contributed by atoms with Crippen molar-refractivity contribution in [1.29, 1.82) is 0 Å². The molecule has 4 nitrogen and oxygen atoms in total. The lowest BCUT2D eigenvalue weighted by Gasteiger charge is -2.33. The van der Waals surface area contributed by atoms with Gasteiger partial charge in [-0.05, 0) is 18.8 Å². The molecule has 1 aliphatic rings. The second kappa shape index (κ2) is 5.85. The minimum Gasteiger partial charge on any atom is -0.373 e. The lowest BCUT2D eigenvalue weighted by Crippen LogP contribution is -2.36. The van der Waals surface area contributed by atoms with Gasteiger partial charge in [-0.2, -0.15) is 13.2 Å². The predicted molar refractivity (Wildman–Crippen MR) is 71.8 cm³/mol. The van der Waals surface area contributed by atoms with E-state index in [0.29, 0.717) is 11.7 Å². The maximum absolute atomic E-state index is 12.8. The first-order chi connectivity index (χ1) is 9.44. The largest absolute Gasteiger partial charge is 0.451 e. The van der Waals surface area contributed by atoms with Crippen molar-refractivity contribution in [1.82, 2.24) is 9.97 Å². The molecule has 0 spiro atoms. The zero-order valence-corrected chi connectivity index (χ0v) is 11.7. The lowest BCUT2D eigenvalue weighted by atomic mass is 9.96. The first-order valence-corrected chi connectivity index (χ1v) is 6.83. The van der Waals surface area contributed by atoms with E-state index in [0.717, 1.165) is 32.4 Å². The van der Waals surface area contributed by atoms with Crippen molar-refractivity contribution in [2.24, 2.45) is 5.92 Å². The Bertz CT molecular complexity index is 461. The monoisotopic (exact) mass is 288 g/mol. The van der Waals surface area contributed by atoms with Crippen molar-refractivity contribution in [2.75, 3.05) is 30.4 Å². The van der Waals surface area contributed by atoms with Crippen LogP contribution in [0.4, 0.5) is 24.8 Å². The Morgan fingerprint density at radius 1 is 1.40 bits per heavy atom. The molecule has 1 unspecified atom stereocenters. The Kier molecular flexibility index (Phi) is 4.35. The van der Waals surface area contributed by atoms with Crippen LogP contribution in [-0.2, 0) is 6.18 Å². The van der Waals surface area contributed by atoms with E-state index in [1.54, 1.807) is 13.1 Å². The first kappa shape index (κ1) is 14.9. The van der Waals surface area contributed by atoms with Crippen molar-refractivity contribution in [3.8, 4) is 0 Å². The van der Waals surface area contributed by atoms with E-state index in [-0.39, 0.29) is 5.82 Å². The van der Waals surface area contributed by atoms with Gasteiger partial charge in [0, 0.05) is 26.2 Å². The molecule has 1 aromatic heterocycles. The Morgan fingerprint density at radius 2 is 2.15 bits per heavy atom. The fraction of sp³-hybridized carbons (Fsp3) is 0.692. The van der Waals surface area contributed by atoms with Crippen molar-refractivity contribution in [3.05, 3.63) is 11.9 Å². The molecule has 2 rings (SSSR count). The zero-order chi connectivity index (χ0) is 14.8.